The fourth-order valence-corrected chi connectivity index (χ4v) is 10.2. The number of fused-ring (bicyclic) bond motifs is 6. The molecule has 0 N–H and O–H groups in total. The van der Waals surface area contributed by atoms with E-state index in [0.29, 0.717) is 17.1 Å². The first kappa shape index (κ1) is 43.6. The number of amidine groups is 1. The number of nitriles is 1. The number of rotatable bonds is 9. The zero-order chi connectivity index (χ0) is 48.7. The van der Waals surface area contributed by atoms with E-state index < -0.39 is 0 Å². The van der Waals surface area contributed by atoms with Crippen LogP contribution in [0.4, 0.5) is 0 Å². The molecule has 5 nitrogen and oxygen atoms in total. The molecular weight excluding hydrogens is 875 g/mol. The molecule has 10 aromatic carbocycles. The van der Waals surface area contributed by atoms with E-state index in [9.17, 15) is 5.26 Å². The van der Waals surface area contributed by atoms with Crippen LogP contribution >= 0.6 is 0 Å². The number of aryl methyl sites for hydroxylation is 1. The van der Waals surface area contributed by atoms with E-state index in [-0.39, 0.29) is 0 Å². The molecule has 2 aromatic heterocycles. The Kier molecular flexibility index (Phi) is 11.1. The highest BCUT2D eigenvalue weighted by Gasteiger charge is 2.21. The first-order chi connectivity index (χ1) is 35.4. The maximum Gasteiger partial charge on any atom is 0.160 e. The van der Waals surface area contributed by atoms with Crippen molar-refractivity contribution in [2.24, 2.45) is 9.98 Å². The lowest BCUT2D eigenvalue weighted by molar-refractivity contribution is 1.17. The maximum atomic E-state index is 9.60. The number of para-hydroxylation sites is 3. The fraction of sp³-hybridized carbons (Fsp3) is 0.0299. The molecule has 0 aliphatic heterocycles. The Bertz CT molecular complexity index is 4110. The molecule has 0 bridgehead atoms. The van der Waals surface area contributed by atoms with Crippen molar-refractivity contribution in [3.8, 4) is 50.8 Å². The average molecular weight is 922 g/mol. The summed E-state index contributed by atoms with van der Waals surface area (Å²) in [5.74, 6) is 0.570. The quantitative estimate of drug-likeness (QED) is 0.105. The minimum Gasteiger partial charge on any atom is -0.309 e. The minimum atomic E-state index is 0.570. The zero-order valence-corrected chi connectivity index (χ0v) is 40.0. The summed E-state index contributed by atoms with van der Waals surface area (Å²) in [5, 5.41) is 14.3. The molecule has 12 rings (SSSR count). The summed E-state index contributed by atoms with van der Waals surface area (Å²) in [6, 6.07) is 85.4. The first-order valence-corrected chi connectivity index (χ1v) is 24.2. The summed E-state index contributed by atoms with van der Waals surface area (Å²) in [7, 11) is 0. The molecule has 0 saturated heterocycles. The van der Waals surface area contributed by atoms with Crippen molar-refractivity contribution >= 4 is 60.9 Å². The largest absolute Gasteiger partial charge is 0.309 e. The standard InChI is InChI=1S/C67H47N5/c1-44-26-30-49(31-27-44)52-34-37-65-59(40-52)60-41-53(50-32-28-47(43-68)29-33-50)35-38-66(60)72(65)64-39-36-54(55-20-10-13-23-61(55)71-62-24-14-11-21-56(62)57-22-12-15-25-63(57)71)42-58(64)46(3)70-67(51-18-8-5-9-19-51)69-45(2)48-16-6-4-7-17-48/h4-42H,2H2,1,3H3. The molecule has 0 atom stereocenters. The number of hydrogen-bond donors (Lipinski definition) is 0. The van der Waals surface area contributed by atoms with Crippen LogP contribution in [-0.2, 0) is 0 Å². The van der Waals surface area contributed by atoms with Crippen LogP contribution in [0.2, 0.25) is 0 Å². The molecular formula is C67H47N5. The van der Waals surface area contributed by atoms with Gasteiger partial charge in [0, 0.05) is 43.9 Å². The van der Waals surface area contributed by atoms with Gasteiger partial charge in [-0.1, -0.05) is 182 Å². The highest BCUT2D eigenvalue weighted by atomic mass is 15.0. The molecule has 72 heavy (non-hydrogen) atoms. The lowest BCUT2D eigenvalue weighted by Gasteiger charge is -2.18. The second-order valence-electron chi connectivity index (χ2n) is 18.3. The number of aliphatic imine (C=N–C) groups is 2. The summed E-state index contributed by atoms with van der Waals surface area (Å²) < 4.78 is 4.79. The Labute approximate surface area is 418 Å². The summed E-state index contributed by atoms with van der Waals surface area (Å²) >= 11 is 0. The number of nitrogens with zero attached hydrogens (tertiary/aromatic N) is 5. The third-order valence-corrected chi connectivity index (χ3v) is 13.8. The summed E-state index contributed by atoms with van der Waals surface area (Å²) in [6.07, 6.45) is 0. The second kappa shape index (κ2) is 18.4. The lowest BCUT2D eigenvalue weighted by atomic mass is 9.97. The monoisotopic (exact) mass is 921 g/mol. The van der Waals surface area contributed by atoms with Crippen LogP contribution < -0.4 is 0 Å². The van der Waals surface area contributed by atoms with Crippen molar-refractivity contribution in [1.29, 1.82) is 5.26 Å². The number of aromatic nitrogens is 2. The van der Waals surface area contributed by atoms with E-state index >= 15 is 0 Å². The Hall–Kier alpha value is -9.63. The highest BCUT2D eigenvalue weighted by molar-refractivity contribution is 6.17. The van der Waals surface area contributed by atoms with E-state index in [1.807, 2.05) is 72.8 Å². The van der Waals surface area contributed by atoms with Gasteiger partial charge in [-0.05, 0) is 114 Å². The van der Waals surface area contributed by atoms with Crippen molar-refractivity contribution in [3.63, 3.8) is 0 Å². The molecule has 0 aliphatic rings. The molecule has 340 valence electrons. The smallest absolute Gasteiger partial charge is 0.160 e. The molecule has 12 aromatic rings. The summed E-state index contributed by atoms with van der Waals surface area (Å²) in [4.78, 5) is 10.7. The molecule has 0 saturated carbocycles. The van der Waals surface area contributed by atoms with Gasteiger partial charge in [-0.25, -0.2) is 9.98 Å². The first-order valence-electron chi connectivity index (χ1n) is 24.2. The lowest BCUT2D eigenvalue weighted by Crippen LogP contribution is -2.09. The van der Waals surface area contributed by atoms with Gasteiger partial charge >= 0.3 is 0 Å². The van der Waals surface area contributed by atoms with Crippen LogP contribution in [0.3, 0.4) is 0 Å². The van der Waals surface area contributed by atoms with Crippen molar-refractivity contribution in [1.82, 2.24) is 9.13 Å². The van der Waals surface area contributed by atoms with Crippen molar-refractivity contribution in [2.75, 3.05) is 0 Å². The molecule has 0 spiro atoms. The maximum absolute atomic E-state index is 9.60. The molecule has 5 heteroatoms. The van der Waals surface area contributed by atoms with E-state index in [2.05, 4.69) is 199 Å². The fourth-order valence-electron chi connectivity index (χ4n) is 10.2. The van der Waals surface area contributed by atoms with Gasteiger partial charge in [0.2, 0.25) is 0 Å². The zero-order valence-electron chi connectivity index (χ0n) is 40.0. The SMILES string of the molecule is C=C(N=C(N=C(C)c1cc(-c2ccccc2-n2c3ccccc3c3ccccc32)ccc1-n1c2ccc(-c3ccc(C)cc3)cc2c2cc(-c3ccc(C#N)cc3)ccc21)c1ccccc1)c1ccccc1. The van der Waals surface area contributed by atoms with E-state index in [1.165, 1.54) is 16.3 Å². The van der Waals surface area contributed by atoms with Crippen LogP contribution in [0.5, 0.6) is 0 Å². The van der Waals surface area contributed by atoms with Gasteiger partial charge in [-0.15, -0.1) is 0 Å². The van der Waals surface area contributed by atoms with E-state index in [4.69, 9.17) is 9.98 Å². The third kappa shape index (κ3) is 7.88. The van der Waals surface area contributed by atoms with Crippen molar-refractivity contribution in [2.45, 2.75) is 13.8 Å². The van der Waals surface area contributed by atoms with Crippen LogP contribution in [0, 0.1) is 18.3 Å². The van der Waals surface area contributed by atoms with Gasteiger partial charge in [-0.2, -0.15) is 5.26 Å². The molecule has 0 fully saturated rings. The molecule has 2 heterocycles. The van der Waals surface area contributed by atoms with Crippen molar-refractivity contribution in [3.05, 3.63) is 271 Å². The predicted octanol–water partition coefficient (Wildman–Crippen LogP) is 17.0. The molecule has 0 radical (unpaired) electrons. The number of benzene rings is 10. The normalized spacial score (nSPS) is 12.0. The Morgan fingerprint density at radius 1 is 0.431 bits per heavy atom. The summed E-state index contributed by atoms with van der Waals surface area (Å²) in [6.45, 7) is 8.64. The van der Waals surface area contributed by atoms with Crippen LogP contribution in [-0.4, -0.2) is 20.7 Å². The molecule has 0 unspecified atom stereocenters. The third-order valence-electron chi connectivity index (χ3n) is 13.8. The Morgan fingerprint density at radius 3 is 1.53 bits per heavy atom. The van der Waals surface area contributed by atoms with Gasteiger partial charge < -0.3 is 9.13 Å². The second-order valence-corrected chi connectivity index (χ2v) is 18.3. The van der Waals surface area contributed by atoms with Gasteiger partial charge in [0.25, 0.3) is 0 Å². The van der Waals surface area contributed by atoms with Crippen molar-refractivity contribution < 1.29 is 0 Å². The van der Waals surface area contributed by atoms with Gasteiger partial charge in [0.15, 0.2) is 5.84 Å². The molecule has 0 amide bonds. The van der Waals surface area contributed by atoms with Crippen LogP contribution in [0.1, 0.15) is 34.7 Å². The van der Waals surface area contributed by atoms with Gasteiger partial charge in [0.05, 0.1) is 50.8 Å². The topological polar surface area (TPSA) is 58.4 Å². The average Bonchev–Trinajstić information content (AvgIpc) is 3.95. The van der Waals surface area contributed by atoms with E-state index in [1.54, 1.807) is 0 Å². The minimum absolute atomic E-state index is 0.570. The highest BCUT2D eigenvalue weighted by Crippen LogP contribution is 2.41. The Morgan fingerprint density at radius 2 is 0.917 bits per heavy atom. The summed E-state index contributed by atoms with van der Waals surface area (Å²) in [5.41, 5.74) is 19.1. The van der Waals surface area contributed by atoms with Crippen LogP contribution in [0.25, 0.3) is 94.1 Å². The Balaban J connectivity index is 1.12. The predicted molar refractivity (Wildman–Crippen MR) is 302 cm³/mol. The van der Waals surface area contributed by atoms with Crippen LogP contribution in [0.15, 0.2) is 253 Å². The number of hydrogen-bond acceptors (Lipinski definition) is 2. The van der Waals surface area contributed by atoms with Gasteiger partial charge in [0.1, 0.15) is 0 Å². The van der Waals surface area contributed by atoms with Gasteiger partial charge in [-0.3, -0.25) is 0 Å². The van der Waals surface area contributed by atoms with E-state index in [0.717, 1.165) is 100.0 Å². The molecule has 0 aliphatic carbocycles.